The van der Waals surface area contributed by atoms with E-state index >= 15 is 0 Å². The summed E-state index contributed by atoms with van der Waals surface area (Å²) in [6.07, 6.45) is 2.18. The predicted molar refractivity (Wildman–Crippen MR) is 96.7 cm³/mol. The van der Waals surface area contributed by atoms with E-state index < -0.39 is 10.8 Å². The molecule has 0 fully saturated rings. The Morgan fingerprint density at radius 3 is 2.60 bits per heavy atom. The summed E-state index contributed by atoms with van der Waals surface area (Å²) in [5.74, 6) is 0.171. The van der Waals surface area contributed by atoms with E-state index in [1.54, 1.807) is 23.9 Å². The molecule has 2 aromatic carbocycles. The van der Waals surface area contributed by atoms with E-state index in [2.05, 4.69) is 5.10 Å². The van der Waals surface area contributed by atoms with Crippen LogP contribution in [0.3, 0.4) is 0 Å². The molecule has 6 heteroatoms. The Bertz CT molecular complexity index is 891. The van der Waals surface area contributed by atoms with Crippen molar-refractivity contribution >= 4 is 10.8 Å². The molecule has 0 aliphatic heterocycles. The predicted octanol–water partition coefficient (Wildman–Crippen LogP) is 3.48. The SMILES string of the molecule is Cc1ccc(-n2nccc2-c2ccc(S(=O)CCCO)cc2)cc1F. The average Bonchev–Trinajstić information content (AvgIpc) is 3.12. The molecule has 0 amide bonds. The number of rotatable bonds is 6. The van der Waals surface area contributed by atoms with Gasteiger partial charge in [0.15, 0.2) is 0 Å². The van der Waals surface area contributed by atoms with Crippen molar-refractivity contribution in [2.24, 2.45) is 0 Å². The van der Waals surface area contributed by atoms with Crippen LogP contribution in [-0.2, 0) is 10.8 Å². The van der Waals surface area contributed by atoms with Crippen molar-refractivity contribution < 1.29 is 13.7 Å². The molecule has 0 aliphatic carbocycles. The van der Waals surface area contributed by atoms with Crippen LogP contribution >= 0.6 is 0 Å². The zero-order chi connectivity index (χ0) is 17.8. The van der Waals surface area contributed by atoms with Crippen LogP contribution in [0.25, 0.3) is 16.9 Å². The largest absolute Gasteiger partial charge is 0.396 e. The molecule has 0 saturated carbocycles. The van der Waals surface area contributed by atoms with Gasteiger partial charge in [-0.1, -0.05) is 18.2 Å². The minimum absolute atomic E-state index is 0.0378. The Balaban J connectivity index is 1.89. The molecule has 130 valence electrons. The lowest BCUT2D eigenvalue weighted by Gasteiger charge is -2.09. The highest BCUT2D eigenvalue weighted by atomic mass is 32.2. The molecule has 3 aromatic rings. The van der Waals surface area contributed by atoms with Gasteiger partial charge in [0.25, 0.3) is 0 Å². The number of aryl methyl sites for hydroxylation is 1. The monoisotopic (exact) mass is 358 g/mol. The standard InChI is InChI=1S/C19H19FN2O2S/c1-14-3-6-16(13-18(14)20)22-19(9-10-21-22)15-4-7-17(8-5-15)25(24)12-2-11-23/h3-10,13,23H,2,11-12H2,1H3. The Kier molecular flexibility index (Phi) is 5.40. The second-order valence-electron chi connectivity index (χ2n) is 5.71. The van der Waals surface area contributed by atoms with Gasteiger partial charge in [-0.3, -0.25) is 4.21 Å². The third kappa shape index (κ3) is 3.86. The van der Waals surface area contributed by atoms with Crippen molar-refractivity contribution in [1.82, 2.24) is 9.78 Å². The van der Waals surface area contributed by atoms with Crippen LogP contribution < -0.4 is 0 Å². The van der Waals surface area contributed by atoms with Crippen molar-refractivity contribution in [1.29, 1.82) is 0 Å². The highest BCUT2D eigenvalue weighted by Crippen LogP contribution is 2.24. The molecule has 0 radical (unpaired) electrons. The van der Waals surface area contributed by atoms with E-state index in [0.717, 1.165) is 16.2 Å². The Morgan fingerprint density at radius 2 is 1.92 bits per heavy atom. The second kappa shape index (κ2) is 7.72. The summed E-state index contributed by atoms with van der Waals surface area (Å²) in [7, 11) is -1.12. The number of benzene rings is 2. The summed E-state index contributed by atoms with van der Waals surface area (Å²) in [6, 6.07) is 14.3. The molecule has 1 aromatic heterocycles. The third-order valence-corrected chi connectivity index (χ3v) is 5.40. The van der Waals surface area contributed by atoms with Gasteiger partial charge in [0.05, 0.1) is 28.4 Å². The number of aromatic nitrogens is 2. The van der Waals surface area contributed by atoms with E-state index in [-0.39, 0.29) is 12.4 Å². The second-order valence-corrected chi connectivity index (χ2v) is 7.28. The van der Waals surface area contributed by atoms with Crippen molar-refractivity contribution in [2.45, 2.75) is 18.2 Å². The van der Waals surface area contributed by atoms with Gasteiger partial charge in [-0.25, -0.2) is 9.07 Å². The number of aliphatic hydroxyl groups excluding tert-OH is 1. The molecule has 3 rings (SSSR count). The van der Waals surface area contributed by atoms with E-state index in [1.165, 1.54) is 6.07 Å². The van der Waals surface area contributed by atoms with Gasteiger partial charge in [0.1, 0.15) is 5.82 Å². The first-order chi connectivity index (χ1) is 12.1. The summed E-state index contributed by atoms with van der Waals surface area (Å²) in [4.78, 5) is 0.727. The zero-order valence-electron chi connectivity index (χ0n) is 13.9. The highest BCUT2D eigenvalue weighted by Gasteiger charge is 2.10. The van der Waals surface area contributed by atoms with Crippen LogP contribution in [0.4, 0.5) is 4.39 Å². The number of halogens is 1. The summed E-state index contributed by atoms with van der Waals surface area (Å²) in [6.45, 7) is 1.76. The molecule has 0 bridgehead atoms. The van der Waals surface area contributed by atoms with Gasteiger partial charge in [-0.15, -0.1) is 0 Å². The molecule has 1 atom stereocenters. The van der Waals surface area contributed by atoms with Crippen molar-refractivity contribution in [3.05, 3.63) is 66.1 Å². The zero-order valence-corrected chi connectivity index (χ0v) is 14.7. The molecular formula is C19H19FN2O2S. The fraction of sp³-hybridized carbons (Fsp3) is 0.211. The van der Waals surface area contributed by atoms with E-state index in [0.29, 0.717) is 23.4 Å². The summed E-state index contributed by atoms with van der Waals surface area (Å²) in [5, 5.41) is 13.1. The fourth-order valence-corrected chi connectivity index (χ4v) is 3.60. The number of hydrogen-bond acceptors (Lipinski definition) is 3. The van der Waals surface area contributed by atoms with Crippen LogP contribution in [0, 0.1) is 12.7 Å². The quantitative estimate of drug-likeness (QED) is 0.734. The smallest absolute Gasteiger partial charge is 0.128 e. The van der Waals surface area contributed by atoms with Gasteiger partial charge in [0, 0.05) is 22.8 Å². The van der Waals surface area contributed by atoms with Crippen molar-refractivity contribution in [3.63, 3.8) is 0 Å². The van der Waals surface area contributed by atoms with Crippen molar-refractivity contribution in [2.75, 3.05) is 12.4 Å². The average molecular weight is 358 g/mol. The van der Waals surface area contributed by atoms with E-state index in [9.17, 15) is 8.60 Å². The Morgan fingerprint density at radius 1 is 1.16 bits per heavy atom. The molecule has 4 nitrogen and oxygen atoms in total. The summed E-state index contributed by atoms with van der Waals surface area (Å²) in [5.41, 5.74) is 2.98. The van der Waals surface area contributed by atoms with Gasteiger partial charge in [-0.2, -0.15) is 5.10 Å². The Hall–Kier alpha value is -2.31. The molecule has 0 aliphatic rings. The van der Waals surface area contributed by atoms with Crippen LogP contribution in [0.15, 0.2) is 59.6 Å². The minimum Gasteiger partial charge on any atom is -0.396 e. The van der Waals surface area contributed by atoms with Gasteiger partial charge in [-0.05, 0) is 49.2 Å². The summed E-state index contributed by atoms with van der Waals surface area (Å²) >= 11 is 0. The Labute approximate surface area is 148 Å². The lowest BCUT2D eigenvalue weighted by molar-refractivity contribution is 0.296. The molecule has 0 saturated heterocycles. The topological polar surface area (TPSA) is 55.1 Å². The third-order valence-electron chi connectivity index (χ3n) is 3.94. The lowest BCUT2D eigenvalue weighted by atomic mass is 10.1. The highest BCUT2D eigenvalue weighted by molar-refractivity contribution is 7.85. The first kappa shape index (κ1) is 17.5. The van der Waals surface area contributed by atoms with E-state index in [4.69, 9.17) is 5.11 Å². The van der Waals surface area contributed by atoms with Crippen LogP contribution in [0.5, 0.6) is 0 Å². The first-order valence-electron chi connectivity index (χ1n) is 8.00. The summed E-state index contributed by atoms with van der Waals surface area (Å²) < 4.78 is 27.6. The van der Waals surface area contributed by atoms with Crippen molar-refractivity contribution in [3.8, 4) is 16.9 Å². The number of aliphatic hydroxyl groups is 1. The molecular weight excluding hydrogens is 339 g/mol. The lowest BCUT2D eigenvalue weighted by Crippen LogP contribution is -2.01. The molecule has 1 unspecified atom stereocenters. The van der Waals surface area contributed by atoms with Gasteiger partial charge >= 0.3 is 0 Å². The maximum Gasteiger partial charge on any atom is 0.128 e. The van der Waals surface area contributed by atoms with Gasteiger partial charge in [0.2, 0.25) is 0 Å². The maximum atomic E-state index is 13.9. The van der Waals surface area contributed by atoms with Crippen LogP contribution in [-0.4, -0.2) is 31.5 Å². The molecule has 25 heavy (non-hydrogen) atoms. The molecule has 1 N–H and O–H groups in total. The molecule has 0 spiro atoms. The number of nitrogens with zero attached hydrogens (tertiary/aromatic N) is 2. The van der Waals surface area contributed by atoms with E-state index in [1.807, 2.05) is 36.4 Å². The first-order valence-corrected chi connectivity index (χ1v) is 9.32. The normalized spacial score (nSPS) is 12.3. The van der Waals surface area contributed by atoms with Crippen LogP contribution in [0.2, 0.25) is 0 Å². The molecule has 1 heterocycles. The fourth-order valence-electron chi connectivity index (χ4n) is 2.53. The number of hydrogen-bond donors (Lipinski definition) is 1. The van der Waals surface area contributed by atoms with Crippen LogP contribution in [0.1, 0.15) is 12.0 Å². The van der Waals surface area contributed by atoms with Gasteiger partial charge < -0.3 is 5.11 Å². The maximum absolute atomic E-state index is 13.9. The minimum atomic E-state index is -1.12.